The minimum Gasteiger partial charge on any atom is -0.378 e. The van der Waals surface area contributed by atoms with Gasteiger partial charge in [0.25, 0.3) is 0 Å². The summed E-state index contributed by atoms with van der Waals surface area (Å²) in [5, 5.41) is 6.75. The lowest BCUT2D eigenvalue weighted by Crippen LogP contribution is -2.49. The largest absolute Gasteiger partial charge is 0.378 e. The number of nitrogens with one attached hydrogen (secondary N) is 2. The molecule has 0 aliphatic carbocycles. The van der Waals surface area contributed by atoms with E-state index in [1.165, 1.54) is 6.26 Å². The number of hydrogen-bond acceptors (Lipinski definition) is 6. The molecule has 0 aromatic carbocycles. The second-order valence-corrected chi connectivity index (χ2v) is 9.31. The molecule has 0 bridgehead atoms. The van der Waals surface area contributed by atoms with E-state index in [0.717, 1.165) is 49.9 Å². The molecule has 0 radical (unpaired) electrons. The molecule has 0 saturated carbocycles. The molecule has 0 unspecified atom stereocenters. The summed E-state index contributed by atoms with van der Waals surface area (Å²) in [5.41, 5.74) is 1.04. The van der Waals surface area contributed by atoms with Gasteiger partial charge in [-0.3, -0.25) is 4.99 Å². The summed E-state index contributed by atoms with van der Waals surface area (Å²) in [4.78, 5) is 11.5. The maximum Gasteiger partial charge on any atom is 0.191 e. The van der Waals surface area contributed by atoms with E-state index in [2.05, 4.69) is 37.6 Å². The molecule has 9 heteroatoms. The molecule has 0 spiro atoms. The van der Waals surface area contributed by atoms with Gasteiger partial charge in [0.05, 0.1) is 25.5 Å². The lowest BCUT2D eigenvalue weighted by atomic mass is 10.1. The average molecular weight is 412 g/mol. The van der Waals surface area contributed by atoms with Gasteiger partial charge >= 0.3 is 0 Å². The topological polar surface area (TPSA) is 95.9 Å². The number of guanidine groups is 1. The quantitative estimate of drug-likeness (QED) is 0.355. The van der Waals surface area contributed by atoms with Crippen LogP contribution in [0.15, 0.2) is 23.2 Å². The lowest BCUT2D eigenvalue weighted by molar-refractivity contribution is 0.157. The minimum absolute atomic E-state index is 0.0450. The first kappa shape index (κ1) is 22.4. The SMILES string of the molecule is CCNC(=NCCOCCS(C)(=O)=O)NC1CCN(c2cccc(C)n2)CC1. The Hall–Kier alpha value is -1.87. The van der Waals surface area contributed by atoms with Gasteiger partial charge in [0.2, 0.25) is 0 Å². The molecule has 1 aliphatic rings. The van der Waals surface area contributed by atoms with E-state index in [4.69, 9.17) is 4.74 Å². The van der Waals surface area contributed by atoms with E-state index in [9.17, 15) is 8.42 Å². The number of sulfone groups is 1. The highest BCUT2D eigenvalue weighted by molar-refractivity contribution is 7.90. The van der Waals surface area contributed by atoms with Crippen molar-refractivity contribution in [3.63, 3.8) is 0 Å². The Balaban J connectivity index is 1.74. The van der Waals surface area contributed by atoms with Crippen LogP contribution in [0.5, 0.6) is 0 Å². The summed E-state index contributed by atoms with van der Waals surface area (Å²) in [6.07, 6.45) is 3.25. The molecule has 0 atom stereocenters. The van der Waals surface area contributed by atoms with E-state index in [1.54, 1.807) is 0 Å². The molecule has 0 amide bonds. The zero-order valence-corrected chi connectivity index (χ0v) is 18.0. The Morgan fingerprint density at radius 3 is 2.71 bits per heavy atom. The second kappa shape index (κ2) is 11.2. The normalized spacial score (nSPS) is 16.2. The number of ether oxygens (including phenoxy) is 1. The van der Waals surface area contributed by atoms with Crippen molar-refractivity contribution in [2.45, 2.75) is 32.7 Å². The summed E-state index contributed by atoms with van der Waals surface area (Å²) >= 11 is 0. The number of anilines is 1. The monoisotopic (exact) mass is 411 g/mol. The van der Waals surface area contributed by atoms with Crippen LogP contribution in [0.3, 0.4) is 0 Å². The van der Waals surface area contributed by atoms with Crippen molar-refractivity contribution < 1.29 is 13.2 Å². The van der Waals surface area contributed by atoms with Gasteiger partial charge < -0.3 is 20.3 Å². The summed E-state index contributed by atoms with van der Waals surface area (Å²) in [5.74, 6) is 1.87. The van der Waals surface area contributed by atoms with Crippen LogP contribution in [0, 0.1) is 6.92 Å². The number of aliphatic imine (C=N–C) groups is 1. The summed E-state index contributed by atoms with van der Waals surface area (Å²) in [6, 6.07) is 6.50. The smallest absolute Gasteiger partial charge is 0.191 e. The molecular formula is C19H33N5O3S. The highest BCUT2D eigenvalue weighted by Gasteiger charge is 2.20. The Labute approximate surface area is 168 Å². The first-order valence-electron chi connectivity index (χ1n) is 9.86. The number of pyridine rings is 1. The van der Waals surface area contributed by atoms with Crippen molar-refractivity contribution in [3.05, 3.63) is 23.9 Å². The molecule has 158 valence electrons. The van der Waals surface area contributed by atoms with E-state index in [0.29, 0.717) is 19.2 Å². The third-order valence-corrected chi connectivity index (χ3v) is 5.39. The Kier molecular flexibility index (Phi) is 8.98. The minimum atomic E-state index is -2.98. The van der Waals surface area contributed by atoms with Crippen molar-refractivity contribution in [3.8, 4) is 0 Å². The molecule has 2 rings (SSSR count). The van der Waals surface area contributed by atoms with Gasteiger partial charge in [-0.15, -0.1) is 0 Å². The van der Waals surface area contributed by atoms with Gasteiger partial charge in [-0.2, -0.15) is 0 Å². The van der Waals surface area contributed by atoms with Gasteiger partial charge in [0.1, 0.15) is 15.7 Å². The Bertz CT molecular complexity index is 731. The van der Waals surface area contributed by atoms with Crippen molar-refractivity contribution >= 4 is 21.6 Å². The first-order valence-corrected chi connectivity index (χ1v) is 11.9. The highest BCUT2D eigenvalue weighted by atomic mass is 32.2. The van der Waals surface area contributed by atoms with Crippen LogP contribution >= 0.6 is 0 Å². The summed E-state index contributed by atoms with van der Waals surface area (Å²) in [6.45, 7) is 7.86. The lowest BCUT2D eigenvalue weighted by Gasteiger charge is -2.34. The standard InChI is InChI=1S/C19H33N5O3S/c1-4-20-19(21-10-13-27-14-15-28(3,25)26)23-17-8-11-24(12-9-17)18-7-5-6-16(2)22-18/h5-7,17H,4,8-15H2,1-3H3,(H2,20,21,23). The van der Waals surface area contributed by atoms with Crippen LogP contribution in [0.25, 0.3) is 0 Å². The van der Waals surface area contributed by atoms with Crippen LogP contribution in [-0.2, 0) is 14.6 Å². The second-order valence-electron chi connectivity index (χ2n) is 7.05. The molecule has 1 aromatic heterocycles. The van der Waals surface area contributed by atoms with Crippen molar-refractivity contribution in [2.24, 2.45) is 4.99 Å². The predicted molar refractivity (Wildman–Crippen MR) is 114 cm³/mol. The van der Waals surface area contributed by atoms with Crippen LogP contribution < -0.4 is 15.5 Å². The fourth-order valence-corrected chi connectivity index (χ4v) is 3.43. The number of hydrogen-bond donors (Lipinski definition) is 2. The molecule has 8 nitrogen and oxygen atoms in total. The zero-order chi connectivity index (χ0) is 20.4. The number of aromatic nitrogens is 1. The van der Waals surface area contributed by atoms with Crippen molar-refractivity contribution in [2.75, 3.05) is 56.3 Å². The zero-order valence-electron chi connectivity index (χ0n) is 17.1. The number of aryl methyl sites for hydroxylation is 1. The molecule has 1 saturated heterocycles. The van der Waals surface area contributed by atoms with Gasteiger partial charge in [-0.25, -0.2) is 13.4 Å². The molecule has 2 N–H and O–H groups in total. The van der Waals surface area contributed by atoms with E-state index >= 15 is 0 Å². The summed E-state index contributed by atoms with van der Waals surface area (Å²) < 4.78 is 27.5. The highest BCUT2D eigenvalue weighted by Crippen LogP contribution is 2.18. The third kappa shape index (κ3) is 8.43. The number of nitrogens with zero attached hydrogens (tertiary/aromatic N) is 3. The van der Waals surface area contributed by atoms with E-state index < -0.39 is 9.84 Å². The van der Waals surface area contributed by atoms with Gasteiger partial charge in [-0.05, 0) is 38.8 Å². The molecule has 1 fully saturated rings. The van der Waals surface area contributed by atoms with Gasteiger partial charge in [-0.1, -0.05) is 6.07 Å². The first-order chi connectivity index (χ1) is 13.4. The van der Waals surface area contributed by atoms with Crippen LogP contribution in [0.2, 0.25) is 0 Å². The molecular weight excluding hydrogens is 378 g/mol. The fourth-order valence-electron chi connectivity index (χ4n) is 3.01. The van der Waals surface area contributed by atoms with E-state index in [1.807, 2.05) is 19.9 Å². The third-order valence-electron chi connectivity index (χ3n) is 4.48. The molecule has 2 heterocycles. The average Bonchev–Trinajstić information content (AvgIpc) is 2.64. The Morgan fingerprint density at radius 1 is 1.32 bits per heavy atom. The number of piperidine rings is 1. The van der Waals surface area contributed by atoms with Crippen LogP contribution in [-0.4, -0.2) is 76.8 Å². The van der Waals surface area contributed by atoms with E-state index in [-0.39, 0.29) is 12.4 Å². The van der Waals surface area contributed by atoms with Crippen molar-refractivity contribution in [1.29, 1.82) is 0 Å². The molecule has 1 aromatic rings. The Morgan fingerprint density at radius 2 is 2.07 bits per heavy atom. The van der Waals surface area contributed by atoms with Crippen LogP contribution in [0.4, 0.5) is 5.82 Å². The van der Waals surface area contributed by atoms with Gasteiger partial charge in [0, 0.05) is 37.6 Å². The maximum absolute atomic E-state index is 11.1. The maximum atomic E-state index is 11.1. The molecule has 1 aliphatic heterocycles. The number of rotatable bonds is 9. The summed E-state index contributed by atoms with van der Waals surface area (Å²) in [7, 11) is -2.98. The van der Waals surface area contributed by atoms with Crippen molar-refractivity contribution in [1.82, 2.24) is 15.6 Å². The van der Waals surface area contributed by atoms with Crippen LogP contribution in [0.1, 0.15) is 25.5 Å². The molecule has 28 heavy (non-hydrogen) atoms. The van der Waals surface area contributed by atoms with Gasteiger partial charge in [0.15, 0.2) is 5.96 Å². The fraction of sp³-hybridized carbons (Fsp3) is 0.684. The predicted octanol–water partition coefficient (Wildman–Crippen LogP) is 0.975.